The fourth-order valence-electron chi connectivity index (χ4n) is 7.84. The van der Waals surface area contributed by atoms with E-state index < -0.39 is 36.0 Å². The van der Waals surface area contributed by atoms with Gasteiger partial charge in [-0.25, -0.2) is 19.8 Å². The number of hydrogen-bond donors (Lipinski definition) is 0. The van der Waals surface area contributed by atoms with Gasteiger partial charge in [0.2, 0.25) is 11.8 Å². The number of anilines is 2. The smallest absolute Gasteiger partial charge is 0.253 e. The minimum absolute atomic E-state index is 0.301. The molecular formula is C36H30N4O4. The van der Waals surface area contributed by atoms with Crippen molar-refractivity contribution in [1.29, 1.82) is 0 Å². The summed E-state index contributed by atoms with van der Waals surface area (Å²) in [7, 11) is 0. The quantitative estimate of drug-likeness (QED) is 0.323. The summed E-state index contributed by atoms with van der Waals surface area (Å²) in [6, 6.07) is 30.9. The molecule has 8 rings (SSSR count). The Morgan fingerprint density at radius 1 is 0.432 bits per heavy atom. The van der Waals surface area contributed by atoms with Gasteiger partial charge in [0, 0.05) is 0 Å². The van der Waals surface area contributed by atoms with E-state index in [1.54, 1.807) is 12.1 Å². The van der Waals surface area contributed by atoms with Gasteiger partial charge in [0.05, 0.1) is 35.3 Å². The fourth-order valence-corrected chi connectivity index (χ4v) is 7.84. The first kappa shape index (κ1) is 26.7. The highest BCUT2D eigenvalue weighted by molar-refractivity contribution is 6.26. The van der Waals surface area contributed by atoms with Crippen molar-refractivity contribution in [2.75, 3.05) is 9.80 Å². The Hall–Kier alpha value is -4.92. The molecule has 4 heterocycles. The molecule has 4 aliphatic heterocycles. The zero-order valence-electron chi connectivity index (χ0n) is 24.3. The lowest BCUT2D eigenvalue weighted by molar-refractivity contribution is -0.136. The SMILES string of the molecule is Cc1cccc(N2C(=O)[C@@H]3[C@H](C2=O)N2[C@H](c4ccccc4)[C@@H]4C(=O)N(c5cccc(C)c5)C(=O)[C@@H]4N2[C@H]3c2ccccc2)c1. The number of benzene rings is 4. The van der Waals surface area contributed by atoms with Gasteiger partial charge in [0.1, 0.15) is 12.1 Å². The highest BCUT2D eigenvalue weighted by Crippen LogP contribution is 2.59. The summed E-state index contributed by atoms with van der Waals surface area (Å²) in [5.74, 6) is -2.83. The normalized spacial score (nSPS) is 28.1. The number of carbonyl (C=O) groups excluding carboxylic acids is 4. The average molecular weight is 583 g/mol. The van der Waals surface area contributed by atoms with E-state index in [4.69, 9.17) is 0 Å². The monoisotopic (exact) mass is 582 g/mol. The number of hydrogen-bond acceptors (Lipinski definition) is 6. The highest BCUT2D eigenvalue weighted by Gasteiger charge is 2.73. The van der Waals surface area contributed by atoms with Gasteiger partial charge >= 0.3 is 0 Å². The average Bonchev–Trinajstić information content (AvgIpc) is 3.69. The fraction of sp³-hybridized carbons (Fsp3) is 0.222. The topological polar surface area (TPSA) is 81.2 Å². The summed E-state index contributed by atoms with van der Waals surface area (Å²) in [5, 5.41) is 3.82. The molecule has 4 aliphatic rings. The molecule has 44 heavy (non-hydrogen) atoms. The van der Waals surface area contributed by atoms with E-state index in [0.29, 0.717) is 11.4 Å². The predicted octanol–water partition coefficient (Wildman–Crippen LogP) is 4.75. The molecule has 4 fully saturated rings. The van der Waals surface area contributed by atoms with Crippen LogP contribution in [-0.2, 0) is 19.2 Å². The van der Waals surface area contributed by atoms with Crippen LogP contribution < -0.4 is 9.80 Å². The van der Waals surface area contributed by atoms with Crippen LogP contribution in [0.1, 0.15) is 34.3 Å². The van der Waals surface area contributed by atoms with Crippen LogP contribution >= 0.6 is 0 Å². The molecule has 0 aromatic heterocycles. The molecule has 6 atom stereocenters. The van der Waals surface area contributed by atoms with Gasteiger partial charge in [-0.3, -0.25) is 19.2 Å². The second kappa shape index (κ2) is 9.80. The number of aryl methyl sites for hydroxylation is 2. The Bertz CT molecular complexity index is 1710. The van der Waals surface area contributed by atoms with Crippen molar-refractivity contribution in [2.45, 2.75) is 38.0 Å². The molecule has 0 aliphatic carbocycles. The molecular weight excluding hydrogens is 552 g/mol. The van der Waals surface area contributed by atoms with Crippen molar-refractivity contribution in [1.82, 2.24) is 10.0 Å². The Morgan fingerprint density at radius 2 is 0.818 bits per heavy atom. The van der Waals surface area contributed by atoms with Crippen molar-refractivity contribution < 1.29 is 19.2 Å². The van der Waals surface area contributed by atoms with Crippen LogP contribution in [0.2, 0.25) is 0 Å². The summed E-state index contributed by atoms with van der Waals surface area (Å²) < 4.78 is 0. The molecule has 4 aromatic rings. The van der Waals surface area contributed by atoms with Gasteiger partial charge < -0.3 is 0 Å². The third kappa shape index (κ3) is 3.64. The summed E-state index contributed by atoms with van der Waals surface area (Å²) in [4.78, 5) is 60.4. The van der Waals surface area contributed by atoms with Crippen molar-refractivity contribution in [3.63, 3.8) is 0 Å². The van der Waals surface area contributed by atoms with E-state index >= 15 is 0 Å². The zero-order valence-corrected chi connectivity index (χ0v) is 24.3. The molecule has 4 saturated heterocycles. The van der Waals surface area contributed by atoms with E-state index in [-0.39, 0.29) is 23.6 Å². The van der Waals surface area contributed by atoms with Crippen LogP contribution in [-0.4, -0.2) is 45.7 Å². The van der Waals surface area contributed by atoms with Crippen LogP contribution in [0, 0.1) is 25.7 Å². The lowest BCUT2D eigenvalue weighted by Gasteiger charge is -2.35. The maximum atomic E-state index is 14.5. The molecule has 0 bridgehead atoms. The Labute approximate surface area is 255 Å². The number of carbonyl (C=O) groups is 4. The molecule has 8 heteroatoms. The molecule has 0 N–H and O–H groups in total. The second-order valence-corrected chi connectivity index (χ2v) is 12.1. The largest absolute Gasteiger partial charge is 0.274 e. The number of hydrazine groups is 1. The first-order chi connectivity index (χ1) is 21.4. The maximum absolute atomic E-state index is 14.5. The van der Waals surface area contributed by atoms with Gasteiger partial charge in [-0.05, 0) is 60.4 Å². The van der Waals surface area contributed by atoms with E-state index in [1.807, 2.05) is 121 Å². The molecule has 0 saturated carbocycles. The first-order valence-corrected chi connectivity index (χ1v) is 14.9. The van der Waals surface area contributed by atoms with Crippen LogP contribution in [0.25, 0.3) is 0 Å². The van der Waals surface area contributed by atoms with Crippen molar-refractivity contribution >= 4 is 35.0 Å². The molecule has 8 nitrogen and oxygen atoms in total. The Kier molecular flexibility index (Phi) is 5.95. The molecule has 4 aromatic carbocycles. The number of imide groups is 2. The minimum atomic E-state index is -0.878. The van der Waals surface area contributed by atoms with Crippen LogP contribution in [0.3, 0.4) is 0 Å². The van der Waals surface area contributed by atoms with Crippen molar-refractivity contribution in [3.05, 3.63) is 131 Å². The van der Waals surface area contributed by atoms with Crippen LogP contribution in [0.15, 0.2) is 109 Å². The zero-order chi connectivity index (χ0) is 30.3. The van der Waals surface area contributed by atoms with Gasteiger partial charge in [-0.1, -0.05) is 84.9 Å². The molecule has 0 spiro atoms. The number of nitrogens with zero attached hydrogens (tertiary/aromatic N) is 4. The molecule has 218 valence electrons. The van der Waals surface area contributed by atoms with Gasteiger partial charge in [0.25, 0.3) is 11.8 Å². The van der Waals surface area contributed by atoms with Crippen molar-refractivity contribution in [2.24, 2.45) is 11.8 Å². The van der Waals surface area contributed by atoms with Crippen LogP contribution in [0.4, 0.5) is 11.4 Å². The molecule has 0 unspecified atom stereocenters. The summed E-state index contributed by atoms with van der Waals surface area (Å²) in [6.45, 7) is 3.85. The second-order valence-electron chi connectivity index (χ2n) is 12.1. The predicted molar refractivity (Wildman–Crippen MR) is 164 cm³/mol. The first-order valence-electron chi connectivity index (χ1n) is 14.9. The lowest BCUT2D eigenvalue weighted by atomic mass is 9.84. The molecule has 4 amide bonds. The van der Waals surface area contributed by atoms with E-state index in [2.05, 4.69) is 0 Å². The summed E-state index contributed by atoms with van der Waals surface area (Å²) in [6.07, 6.45) is 0. The van der Waals surface area contributed by atoms with Gasteiger partial charge in [-0.15, -0.1) is 0 Å². The third-order valence-electron chi connectivity index (χ3n) is 9.53. The highest BCUT2D eigenvalue weighted by atomic mass is 16.2. The number of fused-ring (bicyclic) bond motifs is 5. The Morgan fingerprint density at radius 3 is 1.18 bits per heavy atom. The maximum Gasteiger partial charge on any atom is 0.253 e. The van der Waals surface area contributed by atoms with Crippen molar-refractivity contribution in [3.8, 4) is 0 Å². The van der Waals surface area contributed by atoms with Gasteiger partial charge in [-0.2, -0.15) is 0 Å². The summed E-state index contributed by atoms with van der Waals surface area (Å²) >= 11 is 0. The van der Waals surface area contributed by atoms with E-state index in [0.717, 1.165) is 22.3 Å². The Balaban J connectivity index is 1.33. The van der Waals surface area contributed by atoms with E-state index in [1.165, 1.54) is 9.80 Å². The summed E-state index contributed by atoms with van der Waals surface area (Å²) in [5.41, 5.74) is 4.57. The lowest BCUT2D eigenvalue weighted by Crippen LogP contribution is -2.50. The molecule has 0 radical (unpaired) electrons. The third-order valence-corrected chi connectivity index (χ3v) is 9.53. The van der Waals surface area contributed by atoms with Crippen LogP contribution in [0.5, 0.6) is 0 Å². The van der Waals surface area contributed by atoms with Gasteiger partial charge in [0.15, 0.2) is 0 Å². The standard InChI is InChI=1S/C36H30N4O4/c1-21-11-9-17-25(19-21)37-33(41)27-29(23-13-5-3-6-14-23)40-32-28(34(42)38(36(32)44)26-18-10-12-22(2)20-26)30(24-15-7-4-8-16-24)39(40)31(27)35(37)43/h3-20,27-32H,1-2H3/t27-,28-,29-,30+,31+,32+/m0/s1. The van der Waals surface area contributed by atoms with E-state index in [9.17, 15) is 19.2 Å². The number of amides is 4. The minimum Gasteiger partial charge on any atom is -0.274 e. The number of rotatable bonds is 4.